The number of nitrogens with one attached hydrogen (secondary N) is 1. The second-order valence-electron chi connectivity index (χ2n) is 9.21. The van der Waals surface area contributed by atoms with Crippen LogP contribution in [0.15, 0.2) is 54.9 Å². The maximum Gasteiger partial charge on any atom is 0.248 e. The first-order valence-corrected chi connectivity index (χ1v) is 13.8. The smallest absolute Gasteiger partial charge is 0.248 e. The van der Waals surface area contributed by atoms with Gasteiger partial charge in [0.1, 0.15) is 23.7 Å². The van der Waals surface area contributed by atoms with Gasteiger partial charge in [0.25, 0.3) is 0 Å². The molecule has 1 aromatic heterocycles. The number of hydrogen-bond acceptors (Lipinski definition) is 4. The number of rotatable bonds is 7. The van der Waals surface area contributed by atoms with Gasteiger partial charge in [0.15, 0.2) is 0 Å². The van der Waals surface area contributed by atoms with E-state index < -0.39 is 23.7 Å². The zero-order valence-corrected chi connectivity index (χ0v) is 24.0. The third-order valence-electron chi connectivity index (χ3n) is 6.47. The van der Waals surface area contributed by atoms with Gasteiger partial charge in [-0.25, -0.2) is 13.5 Å². The average molecular weight is 542 g/mol. The summed E-state index contributed by atoms with van der Waals surface area (Å²) in [6.07, 6.45) is 4.51. The van der Waals surface area contributed by atoms with Crippen LogP contribution in [0, 0.1) is 17.6 Å². The Labute approximate surface area is 230 Å². The molecule has 0 aliphatic carbocycles. The van der Waals surface area contributed by atoms with E-state index in [1.54, 1.807) is 40.0 Å². The number of amides is 2. The molecule has 4 rings (SSSR count). The Bertz CT molecular complexity index is 1160. The zero-order valence-electron chi connectivity index (χ0n) is 24.0. The second-order valence-corrected chi connectivity index (χ2v) is 9.21. The van der Waals surface area contributed by atoms with Gasteiger partial charge in [-0.1, -0.05) is 77.1 Å². The van der Waals surface area contributed by atoms with Crippen molar-refractivity contribution in [2.75, 3.05) is 6.54 Å². The fourth-order valence-corrected chi connectivity index (χ4v) is 4.65. The highest BCUT2D eigenvalue weighted by Gasteiger charge is 2.39. The first kappa shape index (κ1) is 31.6. The lowest BCUT2D eigenvalue weighted by molar-refractivity contribution is -0.142. The fraction of sp³-hybridized carbons (Fsp3) is 0.467. The number of hydrogen-bond donors (Lipinski definition) is 1. The van der Waals surface area contributed by atoms with Crippen molar-refractivity contribution in [3.63, 3.8) is 0 Å². The van der Waals surface area contributed by atoms with E-state index in [9.17, 15) is 18.4 Å². The maximum absolute atomic E-state index is 14.1. The molecular weight excluding hydrogens is 500 g/mol. The predicted molar refractivity (Wildman–Crippen MR) is 150 cm³/mol. The highest BCUT2D eigenvalue weighted by atomic mass is 19.1. The molecule has 3 atom stereocenters. The van der Waals surface area contributed by atoms with Crippen LogP contribution >= 0.6 is 0 Å². The number of halogens is 2. The number of likely N-dealkylation sites (tertiary alicyclic amines) is 1. The summed E-state index contributed by atoms with van der Waals surface area (Å²) in [6, 6.07) is 9.06. The van der Waals surface area contributed by atoms with Crippen LogP contribution in [0.2, 0.25) is 0 Å². The molecule has 1 aliphatic rings. The first-order valence-electron chi connectivity index (χ1n) is 13.8. The second kappa shape index (κ2) is 15.1. The molecule has 9 heteroatoms. The Hall–Kier alpha value is -3.62. The summed E-state index contributed by atoms with van der Waals surface area (Å²) in [7, 11) is 0. The predicted octanol–water partition coefficient (Wildman–Crippen LogP) is 6.34. The fourth-order valence-electron chi connectivity index (χ4n) is 4.65. The van der Waals surface area contributed by atoms with Gasteiger partial charge in [0, 0.05) is 12.7 Å². The quantitative estimate of drug-likeness (QED) is 0.378. The molecule has 3 unspecified atom stereocenters. The molecule has 2 aromatic carbocycles. The summed E-state index contributed by atoms with van der Waals surface area (Å²) in [5, 5.41) is 10.8. The van der Waals surface area contributed by atoms with Gasteiger partial charge in [-0.15, -0.1) is 5.10 Å². The van der Waals surface area contributed by atoms with Gasteiger partial charge in [-0.05, 0) is 48.9 Å². The van der Waals surface area contributed by atoms with Crippen molar-refractivity contribution >= 4 is 11.8 Å². The topological polar surface area (TPSA) is 80.1 Å². The van der Waals surface area contributed by atoms with E-state index >= 15 is 0 Å². The molecule has 2 amide bonds. The van der Waals surface area contributed by atoms with Crippen molar-refractivity contribution in [2.45, 2.75) is 79.4 Å². The van der Waals surface area contributed by atoms with Gasteiger partial charge in [0.05, 0.1) is 17.8 Å². The number of carbonyl (C=O) groups is 2. The van der Waals surface area contributed by atoms with Gasteiger partial charge in [-0.2, -0.15) is 0 Å². The Morgan fingerprint density at radius 1 is 0.974 bits per heavy atom. The van der Waals surface area contributed by atoms with Gasteiger partial charge < -0.3 is 10.2 Å². The minimum absolute atomic E-state index is 0.0229. The summed E-state index contributed by atoms with van der Waals surface area (Å²) >= 11 is 0. The van der Waals surface area contributed by atoms with Gasteiger partial charge >= 0.3 is 0 Å². The molecule has 39 heavy (non-hydrogen) atoms. The van der Waals surface area contributed by atoms with Gasteiger partial charge in [0.2, 0.25) is 11.8 Å². The highest BCUT2D eigenvalue weighted by Crippen LogP contribution is 2.29. The van der Waals surface area contributed by atoms with Crippen LogP contribution in [0.3, 0.4) is 0 Å². The Morgan fingerprint density at radius 2 is 1.59 bits per heavy atom. The zero-order chi connectivity index (χ0) is 29.1. The van der Waals surface area contributed by atoms with E-state index in [2.05, 4.69) is 15.6 Å². The minimum atomic E-state index is -0.629. The summed E-state index contributed by atoms with van der Waals surface area (Å²) in [5.41, 5.74) is 1.13. The van der Waals surface area contributed by atoms with E-state index in [0.29, 0.717) is 18.5 Å². The van der Waals surface area contributed by atoms with Crippen molar-refractivity contribution in [3.05, 3.63) is 72.1 Å². The Kier molecular flexibility index (Phi) is 12.2. The molecule has 1 saturated heterocycles. The monoisotopic (exact) mass is 541 g/mol. The average Bonchev–Trinajstić information content (AvgIpc) is 3.64. The standard InChI is InChI=1S/C26H29F2N5O2.2C2H6/c1-16(2)24(33-15-13-29-31-33)26(35)32-14-5-8-22(32)25(34)30-17(3)18-9-11-19(12-10-18)23-20(27)6-4-7-21(23)28;2*1-2/h4,6-7,9-13,15-17,22,24H,5,8,14H2,1-3H3,(H,30,34);2*1-2H3. The molecular formula is C30H41F2N5O2. The van der Waals surface area contributed by atoms with Crippen LogP contribution in [0.4, 0.5) is 8.78 Å². The Balaban J connectivity index is 0.00000127. The number of carbonyl (C=O) groups excluding carboxylic acids is 2. The highest BCUT2D eigenvalue weighted by molar-refractivity contribution is 5.90. The molecule has 0 saturated carbocycles. The first-order chi connectivity index (χ1) is 18.8. The van der Waals surface area contributed by atoms with E-state index in [-0.39, 0.29) is 29.3 Å². The SMILES string of the molecule is CC.CC.CC(NC(=O)C1CCCN1C(=O)C(C(C)C)n1ccnn1)c1ccc(-c2c(F)cccc2F)cc1. The van der Waals surface area contributed by atoms with Gasteiger partial charge in [-0.3, -0.25) is 9.59 Å². The lowest BCUT2D eigenvalue weighted by atomic mass is 10.00. The van der Waals surface area contributed by atoms with Crippen molar-refractivity contribution in [1.82, 2.24) is 25.2 Å². The normalized spacial score (nSPS) is 15.9. The molecule has 1 fully saturated rings. The van der Waals surface area contributed by atoms with Crippen LogP contribution in [0.1, 0.15) is 79.0 Å². The third-order valence-corrected chi connectivity index (χ3v) is 6.47. The largest absolute Gasteiger partial charge is 0.348 e. The summed E-state index contributed by atoms with van der Waals surface area (Å²) in [5.74, 6) is -1.66. The molecule has 0 spiro atoms. The lowest BCUT2D eigenvalue weighted by Crippen LogP contribution is -2.49. The summed E-state index contributed by atoms with van der Waals surface area (Å²) < 4.78 is 29.7. The molecule has 1 N–H and O–H groups in total. The third kappa shape index (κ3) is 7.49. The van der Waals surface area contributed by atoms with Crippen molar-refractivity contribution in [3.8, 4) is 11.1 Å². The minimum Gasteiger partial charge on any atom is -0.348 e. The van der Waals surface area contributed by atoms with Crippen molar-refractivity contribution in [2.24, 2.45) is 5.92 Å². The molecule has 2 heterocycles. The molecule has 3 aromatic rings. The van der Waals surface area contributed by atoms with E-state index in [1.165, 1.54) is 24.4 Å². The maximum atomic E-state index is 14.1. The molecule has 0 radical (unpaired) electrons. The van der Waals surface area contributed by atoms with E-state index in [1.807, 2.05) is 48.5 Å². The van der Waals surface area contributed by atoms with Crippen molar-refractivity contribution in [1.29, 1.82) is 0 Å². The molecule has 7 nitrogen and oxygen atoms in total. The summed E-state index contributed by atoms with van der Waals surface area (Å²) in [6.45, 7) is 14.2. The number of aromatic nitrogens is 3. The number of nitrogens with zero attached hydrogens (tertiary/aromatic N) is 4. The van der Waals surface area contributed by atoms with Crippen LogP contribution < -0.4 is 5.32 Å². The molecule has 1 aliphatic heterocycles. The lowest BCUT2D eigenvalue weighted by Gasteiger charge is -2.30. The van der Waals surface area contributed by atoms with Crippen LogP contribution in [0.5, 0.6) is 0 Å². The molecule has 212 valence electrons. The van der Waals surface area contributed by atoms with E-state index in [4.69, 9.17) is 0 Å². The Morgan fingerprint density at radius 3 is 2.13 bits per heavy atom. The van der Waals surface area contributed by atoms with Crippen LogP contribution in [-0.4, -0.2) is 44.3 Å². The number of benzene rings is 2. The van der Waals surface area contributed by atoms with Crippen LogP contribution in [-0.2, 0) is 9.59 Å². The van der Waals surface area contributed by atoms with Crippen molar-refractivity contribution < 1.29 is 18.4 Å². The summed E-state index contributed by atoms with van der Waals surface area (Å²) in [4.78, 5) is 28.2. The molecule has 0 bridgehead atoms. The van der Waals surface area contributed by atoms with E-state index in [0.717, 1.165) is 12.0 Å². The van der Waals surface area contributed by atoms with Crippen LogP contribution in [0.25, 0.3) is 11.1 Å².